The second-order valence-corrected chi connectivity index (χ2v) is 18.8. The number of halogens is 4. The number of allylic oxidation sites excluding steroid dienone is 2. The molecule has 2 heterocycles. The summed E-state index contributed by atoms with van der Waals surface area (Å²) in [4.78, 5) is 25.2. The SMILES string of the molecule is COc1cc2c(cc1OC)[C@H](Cc1ccc(Cl)cc1)C[N@@+](C)(CCCOC(=O)CC/C=C/CCC(=O)OCCC[N@+]1(C)Cc3cc(OC)c(OC)cc3[C@@H](Cc3ccc(Cl)cc3)C1)C2.[Cl-].[Cl-]. The summed E-state index contributed by atoms with van der Waals surface area (Å²) >= 11 is 12.4. The summed E-state index contributed by atoms with van der Waals surface area (Å²) in [5.41, 5.74) is 7.55. The molecule has 14 heteroatoms. The van der Waals surface area contributed by atoms with Crippen LogP contribution in [0.3, 0.4) is 0 Å². The second-order valence-electron chi connectivity index (χ2n) is 17.9. The van der Waals surface area contributed by atoms with Gasteiger partial charge in [0.25, 0.3) is 0 Å². The van der Waals surface area contributed by atoms with Crippen molar-refractivity contribution in [2.24, 2.45) is 0 Å². The molecule has 0 amide bonds. The number of hydrogen-bond acceptors (Lipinski definition) is 8. The van der Waals surface area contributed by atoms with Crippen molar-refractivity contribution in [3.8, 4) is 23.0 Å². The summed E-state index contributed by atoms with van der Waals surface area (Å²) in [7, 11) is 11.3. The van der Waals surface area contributed by atoms with Crippen molar-refractivity contribution in [1.29, 1.82) is 0 Å². The van der Waals surface area contributed by atoms with E-state index in [1.165, 1.54) is 33.4 Å². The Balaban J connectivity index is 0.00000476. The van der Waals surface area contributed by atoms with Crippen LogP contribution in [0, 0.1) is 0 Å². The first-order chi connectivity index (χ1) is 30.8. The van der Waals surface area contributed by atoms with E-state index in [9.17, 15) is 9.59 Å². The van der Waals surface area contributed by atoms with E-state index >= 15 is 0 Å². The lowest BCUT2D eigenvalue weighted by Gasteiger charge is -2.43. The van der Waals surface area contributed by atoms with Gasteiger partial charge < -0.3 is 62.2 Å². The van der Waals surface area contributed by atoms with Crippen molar-refractivity contribution >= 4 is 35.1 Å². The summed E-state index contributed by atoms with van der Waals surface area (Å²) in [5, 5.41) is 1.46. The monoisotopic (exact) mass is 986 g/mol. The fourth-order valence-electron chi connectivity index (χ4n) is 9.67. The second kappa shape index (κ2) is 25.8. The summed E-state index contributed by atoms with van der Waals surface area (Å²) in [6.45, 7) is 6.11. The molecule has 66 heavy (non-hydrogen) atoms. The minimum Gasteiger partial charge on any atom is -1.00 e. The van der Waals surface area contributed by atoms with Crippen LogP contribution in [0.4, 0.5) is 0 Å². The Kier molecular flexibility index (Phi) is 21.3. The van der Waals surface area contributed by atoms with Crippen molar-refractivity contribution in [3.05, 3.63) is 128 Å². The smallest absolute Gasteiger partial charge is 0.306 e. The van der Waals surface area contributed by atoms with Crippen LogP contribution in [0.2, 0.25) is 10.0 Å². The molecule has 2 aliphatic rings. The van der Waals surface area contributed by atoms with Crippen LogP contribution in [-0.2, 0) is 45.0 Å². The summed E-state index contributed by atoms with van der Waals surface area (Å²) in [6.07, 6.45) is 8.90. The number of carbonyl (C=O) groups excluding carboxylic acids is 2. The zero-order valence-electron chi connectivity index (χ0n) is 39.2. The highest BCUT2D eigenvalue weighted by atomic mass is 35.5. The number of ether oxygens (including phenoxy) is 6. The lowest BCUT2D eigenvalue weighted by atomic mass is 9.83. The van der Waals surface area contributed by atoms with Crippen LogP contribution in [0.5, 0.6) is 23.0 Å². The highest BCUT2D eigenvalue weighted by Crippen LogP contribution is 2.42. The van der Waals surface area contributed by atoms with Gasteiger partial charge in [-0.1, -0.05) is 59.6 Å². The van der Waals surface area contributed by atoms with E-state index in [0.717, 1.165) is 107 Å². The lowest BCUT2D eigenvalue weighted by Crippen LogP contribution is -3.00. The Morgan fingerprint density at radius 1 is 0.576 bits per heavy atom. The van der Waals surface area contributed by atoms with Crippen LogP contribution in [0.15, 0.2) is 84.9 Å². The maximum absolute atomic E-state index is 12.6. The van der Waals surface area contributed by atoms with Crippen LogP contribution in [0.25, 0.3) is 0 Å². The fraction of sp³-hybridized carbons (Fsp3) is 0.462. The molecule has 0 N–H and O–H groups in total. The number of hydrogen-bond donors (Lipinski definition) is 0. The highest BCUT2D eigenvalue weighted by molar-refractivity contribution is 6.30. The van der Waals surface area contributed by atoms with Crippen molar-refractivity contribution in [1.82, 2.24) is 0 Å². The highest BCUT2D eigenvalue weighted by Gasteiger charge is 2.38. The molecule has 0 saturated heterocycles. The first kappa shape index (κ1) is 54.4. The maximum Gasteiger partial charge on any atom is 0.306 e. The Labute approximate surface area is 414 Å². The molecule has 360 valence electrons. The third-order valence-corrected chi connectivity index (χ3v) is 13.3. The van der Waals surface area contributed by atoms with Gasteiger partial charge in [0, 0.05) is 58.7 Å². The first-order valence-electron chi connectivity index (χ1n) is 22.4. The van der Waals surface area contributed by atoms with E-state index in [0.29, 0.717) is 38.9 Å². The van der Waals surface area contributed by atoms with Gasteiger partial charge in [-0.2, -0.15) is 0 Å². The zero-order valence-corrected chi connectivity index (χ0v) is 42.2. The zero-order chi connectivity index (χ0) is 45.7. The van der Waals surface area contributed by atoms with Gasteiger partial charge in [0.05, 0.1) is 81.9 Å². The number of benzene rings is 4. The molecular formula is C52H66Cl4N2O8. The number of likely N-dealkylation sites (N-methyl/N-ethyl adjacent to an activating group) is 2. The predicted octanol–water partition coefficient (Wildman–Crippen LogP) is 4.29. The molecule has 10 nitrogen and oxygen atoms in total. The van der Waals surface area contributed by atoms with Gasteiger partial charge in [0.2, 0.25) is 0 Å². The molecule has 0 unspecified atom stereocenters. The minimum atomic E-state index is -0.211. The number of rotatable bonds is 22. The molecule has 6 rings (SSSR count). The number of esters is 2. The molecule has 4 aromatic carbocycles. The van der Waals surface area contributed by atoms with E-state index in [-0.39, 0.29) is 48.6 Å². The number of carbonyl (C=O) groups is 2. The van der Waals surface area contributed by atoms with Crippen LogP contribution in [0.1, 0.15) is 83.7 Å². The standard InChI is InChI=1S/C52H66Cl2N2O8.2ClH/c1-55(33-39(27-37-15-19-43(53)20-16-37)45-31-49(61-5)47(59-3)29-41(45)35-55)23-11-25-63-51(57)13-9-7-8-10-14-52(58)64-26-12-24-56(2)34-40(28-38-17-21-44(54)22-18-38)46-32-50(62-6)48(60-4)30-42(46)36-56;;/h7-8,15-22,29-32,39-40H,9-14,23-28,33-36H2,1-6H3;2*1H/q+2;;/p-2/b8-7+;;/t39-,40+,55-,56+;;. The molecule has 0 radical (unpaired) electrons. The van der Waals surface area contributed by atoms with Gasteiger partial charge in [0.15, 0.2) is 23.0 Å². The van der Waals surface area contributed by atoms with E-state index in [1.54, 1.807) is 28.4 Å². The third-order valence-electron chi connectivity index (χ3n) is 12.8. The molecule has 4 aromatic rings. The van der Waals surface area contributed by atoms with Crippen molar-refractivity contribution in [2.45, 2.75) is 76.3 Å². The third kappa shape index (κ3) is 15.2. The normalized spacial score (nSPS) is 19.6. The number of methoxy groups -OCH3 is 4. The van der Waals surface area contributed by atoms with Gasteiger partial charge in [-0.15, -0.1) is 0 Å². The Morgan fingerprint density at radius 3 is 1.27 bits per heavy atom. The van der Waals surface area contributed by atoms with Crippen molar-refractivity contribution in [3.63, 3.8) is 0 Å². The molecule has 4 atom stereocenters. The topological polar surface area (TPSA) is 89.5 Å². The molecule has 0 saturated carbocycles. The number of quaternary nitrogens is 2. The number of nitrogens with zero attached hydrogens (tertiary/aromatic N) is 2. The first-order valence-corrected chi connectivity index (χ1v) is 23.2. The predicted molar refractivity (Wildman–Crippen MR) is 253 cm³/mol. The van der Waals surface area contributed by atoms with E-state index in [1.807, 2.05) is 36.4 Å². The van der Waals surface area contributed by atoms with Crippen molar-refractivity contribution in [2.75, 3.05) is 81.9 Å². The van der Waals surface area contributed by atoms with E-state index in [2.05, 4.69) is 62.6 Å². The van der Waals surface area contributed by atoms with Crippen LogP contribution >= 0.6 is 23.2 Å². The Hall–Kier alpha value is -4.16. The molecule has 0 spiro atoms. The Morgan fingerprint density at radius 2 is 0.924 bits per heavy atom. The van der Waals surface area contributed by atoms with Gasteiger partial charge in [0.1, 0.15) is 13.1 Å². The molecular weight excluding hydrogens is 922 g/mol. The van der Waals surface area contributed by atoms with Gasteiger partial charge in [-0.3, -0.25) is 9.59 Å². The maximum atomic E-state index is 12.6. The molecule has 0 bridgehead atoms. The minimum absolute atomic E-state index is 0. The van der Waals surface area contributed by atoms with Crippen LogP contribution < -0.4 is 43.8 Å². The number of fused-ring (bicyclic) bond motifs is 2. The van der Waals surface area contributed by atoms with Crippen LogP contribution in [-0.4, -0.2) is 103 Å². The molecule has 2 aliphatic heterocycles. The van der Waals surface area contributed by atoms with Gasteiger partial charge in [-0.05, 0) is 96.5 Å². The quantitative estimate of drug-likeness (QED) is 0.0500. The average Bonchev–Trinajstić information content (AvgIpc) is 3.28. The van der Waals surface area contributed by atoms with E-state index < -0.39 is 0 Å². The van der Waals surface area contributed by atoms with E-state index in [4.69, 9.17) is 51.6 Å². The lowest BCUT2D eigenvalue weighted by molar-refractivity contribution is -0.926. The van der Waals surface area contributed by atoms with Gasteiger partial charge in [-0.25, -0.2) is 0 Å². The summed E-state index contributed by atoms with van der Waals surface area (Å²) < 4.78 is 35.6. The fourth-order valence-corrected chi connectivity index (χ4v) is 9.92. The Bertz CT molecular complexity index is 2070. The summed E-state index contributed by atoms with van der Waals surface area (Å²) in [5.74, 6) is 3.07. The molecule has 0 aromatic heterocycles. The molecule has 0 fully saturated rings. The molecule has 0 aliphatic carbocycles. The summed E-state index contributed by atoms with van der Waals surface area (Å²) in [6, 6.07) is 24.7. The largest absolute Gasteiger partial charge is 1.00 e. The average molecular weight is 989 g/mol. The van der Waals surface area contributed by atoms with Gasteiger partial charge >= 0.3 is 11.9 Å². The van der Waals surface area contributed by atoms with Crippen molar-refractivity contribution < 1.29 is 71.8 Å².